The van der Waals surface area contributed by atoms with E-state index in [0.717, 1.165) is 27.9 Å². The fourth-order valence-electron chi connectivity index (χ4n) is 4.54. The zero-order chi connectivity index (χ0) is 25.7. The van der Waals surface area contributed by atoms with Crippen LogP contribution in [0.2, 0.25) is 0 Å². The summed E-state index contributed by atoms with van der Waals surface area (Å²) in [5, 5.41) is 11.4. The summed E-state index contributed by atoms with van der Waals surface area (Å²) < 4.78 is 9.46. The molecule has 0 saturated heterocycles. The third-order valence-electron chi connectivity index (χ3n) is 6.42. The van der Waals surface area contributed by atoms with Gasteiger partial charge in [0.05, 0.1) is 11.3 Å². The van der Waals surface area contributed by atoms with Crippen molar-refractivity contribution in [1.29, 1.82) is 0 Å². The van der Waals surface area contributed by atoms with E-state index in [1.54, 1.807) is 7.05 Å². The van der Waals surface area contributed by atoms with Crippen LogP contribution in [0.3, 0.4) is 0 Å². The fraction of sp³-hybridized carbons (Fsp3) is 0.310. The van der Waals surface area contributed by atoms with Gasteiger partial charge in [-0.05, 0) is 80.5 Å². The Kier molecular flexibility index (Phi) is 6.20. The van der Waals surface area contributed by atoms with Crippen LogP contribution in [0.1, 0.15) is 43.7 Å². The largest absolute Gasteiger partial charge is 0.479 e. The molecule has 2 heterocycles. The number of benzene rings is 2. The van der Waals surface area contributed by atoms with Gasteiger partial charge < -0.3 is 19.0 Å². The Bertz CT molecular complexity index is 1500. The lowest BCUT2D eigenvalue weighted by Crippen LogP contribution is -2.33. The number of carboxylic acid groups (broad SMARTS) is 1. The maximum absolute atomic E-state index is 13.7. The first-order valence-corrected chi connectivity index (χ1v) is 11.7. The summed E-state index contributed by atoms with van der Waals surface area (Å²) in [7, 11) is 3.58. The summed E-state index contributed by atoms with van der Waals surface area (Å²) in [4.78, 5) is 26.1. The Hall–Kier alpha value is -3.64. The summed E-state index contributed by atoms with van der Waals surface area (Å²) >= 11 is 0. The zero-order valence-corrected chi connectivity index (χ0v) is 21.3. The molecule has 0 amide bonds. The maximum atomic E-state index is 13.7. The smallest absolute Gasteiger partial charge is 0.339 e. The van der Waals surface area contributed by atoms with E-state index in [9.17, 15) is 14.7 Å². The number of pyridine rings is 1. The molecule has 1 unspecified atom stereocenters. The molecule has 1 N–H and O–H groups in total. The molecule has 0 aliphatic heterocycles. The van der Waals surface area contributed by atoms with Gasteiger partial charge in [0.15, 0.2) is 6.10 Å². The van der Waals surface area contributed by atoms with E-state index in [0.29, 0.717) is 22.0 Å². The Morgan fingerprint density at radius 2 is 1.63 bits per heavy atom. The second-order valence-corrected chi connectivity index (χ2v) is 10.1. The minimum atomic E-state index is -1.32. The molecule has 1 atom stereocenters. The van der Waals surface area contributed by atoms with E-state index < -0.39 is 17.7 Å². The van der Waals surface area contributed by atoms with E-state index in [4.69, 9.17) is 4.74 Å². The van der Waals surface area contributed by atoms with Crippen molar-refractivity contribution in [3.05, 3.63) is 81.9 Å². The number of carboxylic acids is 1. The van der Waals surface area contributed by atoms with Gasteiger partial charge in [0.25, 0.3) is 5.56 Å². The quantitative estimate of drug-likeness (QED) is 0.400. The molecular formula is C29H32N2O4. The van der Waals surface area contributed by atoms with Crippen LogP contribution in [0.25, 0.3) is 33.2 Å². The van der Waals surface area contributed by atoms with Crippen LogP contribution in [0.5, 0.6) is 0 Å². The Morgan fingerprint density at radius 3 is 2.20 bits per heavy atom. The van der Waals surface area contributed by atoms with Crippen molar-refractivity contribution in [2.24, 2.45) is 14.1 Å². The number of nitrogens with zero attached hydrogens (tertiary/aromatic N) is 2. The molecule has 6 nitrogen and oxygen atoms in total. The van der Waals surface area contributed by atoms with Gasteiger partial charge >= 0.3 is 5.97 Å². The highest BCUT2D eigenvalue weighted by Gasteiger charge is 2.33. The summed E-state index contributed by atoms with van der Waals surface area (Å²) in [6.07, 6.45) is 0.643. The van der Waals surface area contributed by atoms with E-state index >= 15 is 0 Å². The first-order valence-electron chi connectivity index (χ1n) is 11.7. The summed E-state index contributed by atoms with van der Waals surface area (Å²) in [5.74, 6) is -1.14. The number of aromatic nitrogens is 2. The SMILES string of the molecule is Cc1ccc(-c2c(C(OC(C)(C)C)C(=O)O)n(C)c(=O)c3cc(-c4cccn4C)ccc23)cc1C. The van der Waals surface area contributed by atoms with Crippen LogP contribution < -0.4 is 5.56 Å². The Labute approximate surface area is 205 Å². The monoisotopic (exact) mass is 472 g/mol. The Morgan fingerprint density at radius 1 is 0.943 bits per heavy atom. The van der Waals surface area contributed by atoms with Crippen molar-refractivity contribution in [3.8, 4) is 22.4 Å². The number of ether oxygens (including phenoxy) is 1. The van der Waals surface area contributed by atoms with Crippen LogP contribution in [-0.2, 0) is 23.6 Å². The van der Waals surface area contributed by atoms with E-state index in [2.05, 4.69) is 0 Å². The standard InChI is InChI=1S/C29H32N2O4/c1-17-10-11-20(15-18(17)2)24-21-13-12-19(23-9-8-14-30(23)6)16-22(21)27(32)31(7)25(24)26(28(33)34)35-29(3,4)5/h8-16,26H,1-7H3,(H,33,34). The fourth-order valence-corrected chi connectivity index (χ4v) is 4.54. The number of fused-ring (bicyclic) bond motifs is 1. The molecule has 0 aliphatic rings. The van der Waals surface area contributed by atoms with Crippen LogP contribution >= 0.6 is 0 Å². The summed E-state index contributed by atoms with van der Waals surface area (Å²) in [6, 6.07) is 15.8. The molecule has 0 saturated carbocycles. The van der Waals surface area contributed by atoms with Gasteiger partial charge in [0.2, 0.25) is 0 Å². The molecule has 0 aliphatic carbocycles. The molecule has 6 heteroatoms. The molecule has 2 aromatic heterocycles. The molecule has 2 aromatic carbocycles. The van der Waals surface area contributed by atoms with Crippen LogP contribution in [-0.4, -0.2) is 25.8 Å². The minimum absolute atomic E-state index is 0.262. The molecule has 0 bridgehead atoms. The molecule has 4 aromatic rings. The van der Waals surface area contributed by atoms with Gasteiger partial charge in [-0.2, -0.15) is 0 Å². The van der Waals surface area contributed by atoms with Crippen LogP contribution in [0.4, 0.5) is 0 Å². The normalized spacial score (nSPS) is 12.8. The number of aryl methyl sites for hydroxylation is 3. The van der Waals surface area contributed by atoms with E-state index in [-0.39, 0.29) is 5.56 Å². The zero-order valence-electron chi connectivity index (χ0n) is 21.3. The van der Waals surface area contributed by atoms with Crippen molar-refractivity contribution in [3.63, 3.8) is 0 Å². The topological polar surface area (TPSA) is 73.5 Å². The lowest BCUT2D eigenvalue weighted by atomic mass is 9.91. The predicted octanol–water partition coefficient (Wildman–Crippen LogP) is 5.77. The van der Waals surface area contributed by atoms with Gasteiger partial charge in [-0.15, -0.1) is 0 Å². The average molecular weight is 473 g/mol. The number of aliphatic carboxylic acids is 1. The highest BCUT2D eigenvalue weighted by atomic mass is 16.5. The van der Waals surface area contributed by atoms with Crippen LogP contribution in [0, 0.1) is 13.8 Å². The minimum Gasteiger partial charge on any atom is -0.479 e. The molecule has 0 spiro atoms. The highest BCUT2D eigenvalue weighted by molar-refractivity contribution is 6.00. The Balaban J connectivity index is 2.13. The third-order valence-corrected chi connectivity index (χ3v) is 6.42. The van der Waals surface area contributed by atoms with Gasteiger partial charge in [-0.3, -0.25) is 4.79 Å². The molecule has 35 heavy (non-hydrogen) atoms. The first-order chi connectivity index (χ1) is 16.4. The molecular weight excluding hydrogens is 440 g/mol. The average Bonchev–Trinajstić information content (AvgIpc) is 3.21. The van der Waals surface area contributed by atoms with Crippen molar-refractivity contribution >= 4 is 16.7 Å². The summed E-state index contributed by atoms with van der Waals surface area (Å²) in [5.41, 5.74) is 5.01. The maximum Gasteiger partial charge on any atom is 0.339 e. The first kappa shape index (κ1) is 24.5. The number of carbonyl (C=O) groups is 1. The summed E-state index contributed by atoms with van der Waals surface area (Å²) in [6.45, 7) is 9.49. The van der Waals surface area contributed by atoms with Gasteiger partial charge in [0, 0.05) is 36.9 Å². The number of hydrogen-bond acceptors (Lipinski definition) is 3. The lowest BCUT2D eigenvalue weighted by Gasteiger charge is -2.28. The van der Waals surface area contributed by atoms with Crippen molar-refractivity contribution in [2.75, 3.05) is 0 Å². The second-order valence-electron chi connectivity index (χ2n) is 10.1. The predicted molar refractivity (Wildman–Crippen MR) is 140 cm³/mol. The van der Waals surface area contributed by atoms with E-state index in [1.165, 1.54) is 4.57 Å². The molecule has 182 valence electrons. The lowest BCUT2D eigenvalue weighted by molar-refractivity contribution is -0.161. The van der Waals surface area contributed by atoms with Gasteiger partial charge in [-0.1, -0.05) is 30.3 Å². The number of hydrogen-bond donors (Lipinski definition) is 1. The van der Waals surface area contributed by atoms with Gasteiger partial charge in [0.1, 0.15) is 0 Å². The van der Waals surface area contributed by atoms with Crippen LogP contribution in [0.15, 0.2) is 59.5 Å². The third kappa shape index (κ3) is 4.54. The molecule has 4 rings (SSSR count). The molecule has 0 radical (unpaired) electrons. The second kappa shape index (κ2) is 8.86. The highest BCUT2D eigenvalue weighted by Crippen LogP contribution is 2.38. The van der Waals surface area contributed by atoms with Crippen molar-refractivity contribution < 1.29 is 14.6 Å². The van der Waals surface area contributed by atoms with E-state index in [1.807, 2.05) is 101 Å². The van der Waals surface area contributed by atoms with Crippen molar-refractivity contribution in [1.82, 2.24) is 9.13 Å². The molecule has 0 fully saturated rings. The van der Waals surface area contributed by atoms with Gasteiger partial charge in [-0.25, -0.2) is 4.79 Å². The van der Waals surface area contributed by atoms with Crippen molar-refractivity contribution in [2.45, 2.75) is 46.3 Å². The number of rotatable bonds is 5.